The van der Waals surface area contributed by atoms with Crippen LogP contribution in [0.3, 0.4) is 0 Å². The Kier molecular flexibility index (Phi) is 8.29. The number of hydrogen-bond acceptors (Lipinski definition) is 4. The Morgan fingerprint density at radius 3 is 2.36 bits per heavy atom. The highest BCUT2D eigenvalue weighted by Crippen LogP contribution is 2.24. The Labute approximate surface area is 173 Å². The van der Waals surface area contributed by atoms with Crippen LogP contribution in [0.4, 0.5) is 5.69 Å². The van der Waals surface area contributed by atoms with E-state index >= 15 is 0 Å². The van der Waals surface area contributed by atoms with Crippen molar-refractivity contribution in [2.45, 2.75) is 25.8 Å². The maximum absolute atomic E-state index is 11.9. The second-order valence-corrected chi connectivity index (χ2v) is 6.85. The van der Waals surface area contributed by atoms with Gasteiger partial charge < -0.3 is 15.4 Å². The number of rotatable bonds is 8. The molecular weight excluding hydrogens is 403 g/mol. The van der Waals surface area contributed by atoms with Crippen molar-refractivity contribution in [3.05, 3.63) is 64.1 Å². The van der Waals surface area contributed by atoms with Crippen LogP contribution in [0.5, 0.6) is 0 Å². The lowest BCUT2D eigenvalue weighted by Crippen LogP contribution is -2.27. The highest BCUT2D eigenvalue weighted by molar-refractivity contribution is 6.42. The van der Waals surface area contributed by atoms with Crippen LogP contribution in [0.15, 0.2) is 48.5 Å². The van der Waals surface area contributed by atoms with Crippen molar-refractivity contribution in [1.82, 2.24) is 5.32 Å². The zero-order valence-corrected chi connectivity index (χ0v) is 16.7. The van der Waals surface area contributed by atoms with Gasteiger partial charge in [-0.15, -0.1) is 0 Å². The summed E-state index contributed by atoms with van der Waals surface area (Å²) in [6, 6.07) is 13.9. The predicted octanol–water partition coefficient (Wildman–Crippen LogP) is 4.13. The van der Waals surface area contributed by atoms with Crippen molar-refractivity contribution in [2.75, 3.05) is 11.9 Å². The molecule has 0 aliphatic rings. The van der Waals surface area contributed by atoms with E-state index in [1.54, 1.807) is 12.1 Å². The normalized spacial score (nSPS) is 11.4. The van der Waals surface area contributed by atoms with Gasteiger partial charge in [-0.25, -0.2) is 0 Å². The van der Waals surface area contributed by atoms with E-state index in [0.29, 0.717) is 15.7 Å². The summed E-state index contributed by atoms with van der Waals surface area (Å²) in [5.41, 5.74) is 1.40. The van der Waals surface area contributed by atoms with Crippen LogP contribution in [0.1, 0.15) is 31.4 Å². The molecule has 0 aromatic heterocycles. The van der Waals surface area contributed by atoms with Crippen molar-refractivity contribution in [1.29, 1.82) is 0 Å². The predicted molar refractivity (Wildman–Crippen MR) is 108 cm³/mol. The largest absolute Gasteiger partial charge is 0.456 e. The molecule has 0 bridgehead atoms. The van der Waals surface area contributed by atoms with E-state index < -0.39 is 18.5 Å². The Bertz CT molecular complexity index is 843. The van der Waals surface area contributed by atoms with E-state index in [9.17, 15) is 14.4 Å². The molecule has 2 amide bonds. The number of nitrogens with one attached hydrogen (secondary N) is 2. The Hall–Kier alpha value is -2.57. The second kappa shape index (κ2) is 10.7. The number of esters is 1. The maximum Gasteiger partial charge on any atom is 0.306 e. The van der Waals surface area contributed by atoms with E-state index in [1.165, 1.54) is 6.07 Å². The number of carbonyl (C=O) groups is 3. The molecule has 0 aliphatic heterocycles. The first-order chi connectivity index (χ1) is 13.3. The summed E-state index contributed by atoms with van der Waals surface area (Å²) in [6.07, 6.45) is -0.141. The maximum atomic E-state index is 11.9. The third-order valence-electron chi connectivity index (χ3n) is 3.80. The Morgan fingerprint density at radius 1 is 0.964 bits per heavy atom. The molecule has 2 aromatic rings. The van der Waals surface area contributed by atoms with Crippen molar-refractivity contribution in [3.63, 3.8) is 0 Å². The molecule has 0 fully saturated rings. The monoisotopic (exact) mass is 422 g/mol. The van der Waals surface area contributed by atoms with E-state index in [-0.39, 0.29) is 24.8 Å². The van der Waals surface area contributed by atoms with Crippen molar-refractivity contribution in [2.24, 2.45) is 0 Å². The molecule has 0 saturated carbocycles. The van der Waals surface area contributed by atoms with Gasteiger partial charge in [0.2, 0.25) is 5.91 Å². The molecule has 2 rings (SSSR count). The molecule has 0 radical (unpaired) electrons. The summed E-state index contributed by atoms with van der Waals surface area (Å²) in [4.78, 5) is 35.5. The number of amides is 2. The number of anilines is 1. The van der Waals surface area contributed by atoms with Gasteiger partial charge in [-0.2, -0.15) is 0 Å². The standard InChI is InChI=1S/C20H20Cl2N2O4/c1-13(14-5-3-2-4-6-14)23-18(25)9-10-20(27)28-12-19(26)24-15-7-8-16(21)17(22)11-15/h2-8,11,13H,9-10,12H2,1H3,(H,23,25)(H,24,26)/t13-/m1/s1. The van der Waals surface area contributed by atoms with Crippen molar-refractivity contribution in [3.8, 4) is 0 Å². The van der Waals surface area contributed by atoms with Gasteiger partial charge in [-0.3, -0.25) is 14.4 Å². The molecule has 0 saturated heterocycles. The molecular formula is C20H20Cl2N2O4. The highest BCUT2D eigenvalue weighted by atomic mass is 35.5. The summed E-state index contributed by atoms with van der Waals surface area (Å²) in [7, 11) is 0. The molecule has 2 aromatic carbocycles. The third-order valence-corrected chi connectivity index (χ3v) is 4.54. The molecule has 0 heterocycles. The molecule has 1 atom stereocenters. The Morgan fingerprint density at radius 2 is 1.68 bits per heavy atom. The zero-order valence-electron chi connectivity index (χ0n) is 15.2. The van der Waals surface area contributed by atoms with Gasteiger partial charge in [0.1, 0.15) is 0 Å². The number of hydrogen-bond donors (Lipinski definition) is 2. The average Bonchev–Trinajstić information content (AvgIpc) is 2.68. The van der Waals surface area contributed by atoms with Gasteiger partial charge in [-0.05, 0) is 30.7 Å². The van der Waals surface area contributed by atoms with E-state index in [0.717, 1.165) is 5.56 Å². The number of halogens is 2. The molecule has 0 aliphatic carbocycles. The second-order valence-electron chi connectivity index (χ2n) is 6.04. The smallest absolute Gasteiger partial charge is 0.306 e. The first-order valence-electron chi connectivity index (χ1n) is 8.60. The quantitative estimate of drug-likeness (QED) is 0.626. The van der Waals surface area contributed by atoms with Crippen LogP contribution >= 0.6 is 23.2 Å². The van der Waals surface area contributed by atoms with Gasteiger partial charge >= 0.3 is 5.97 Å². The van der Waals surface area contributed by atoms with Crippen LogP contribution in [-0.4, -0.2) is 24.4 Å². The summed E-state index contributed by atoms with van der Waals surface area (Å²) in [5, 5.41) is 6.01. The fourth-order valence-corrected chi connectivity index (χ4v) is 2.64. The van der Waals surface area contributed by atoms with Crippen molar-refractivity contribution >= 4 is 46.7 Å². The van der Waals surface area contributed by atoms with Crippen molar-refractivity contribution < 1.29 is 19.1 Å². The molecule has 148 valence electrons. The van der Waals surface area contributed by atoms with Gasteiger partial charge in [0.05, 0.1) is 22.5 Å². The van der Waals surface area contributed by atoms with E-state index in [4.69, 9.17) is 27.9 Å². The number of carbonyl (C=O) groups excluding carboxylic acids is 3. The molecule has 2 N–H and O–H groups in total. The van der Waals surface area contributed by atoms with Gasteiger partial charge in [0.25, 0.3) is 5.91 Å². The third kappa shape index (κ3) is 7.21. The summed E-state index contributed by atoms with van der Waals surface area (Å²) in [5.74, 6) is -1.42. The lowest BCUT2D eigenvalue weighted by atomic mass is 10.1. The molecule has 6 nitrogen and oxygen atoms in total. The molecule has 0 spiro atoms. The van der Waals surface area contributed by atoms with Crippen LogP contribution in [-0.2, 0) is 19.1 Å². The summed E-state index contributed by atoms with van der Waals surface area (Å²) < 4.78 is 4.88. The fraction of sp³-hybridized carbons (Fsp3) is 0.250. The van der Waals surface area contributed by atoms with E-state index in [1.807, 2.05) is 37.3 Å². The first kappa shape index (κ1) is 21.7. The highest BCUT2D eigenvalue weighted by Gasteiger charge is 2.13. The van der Waals surface area contributed by atoms with Gasteiger partial charge in [-0.1, -0.05) is 53.5 Å². The SMILES string of the molecule is C[C@@H](NC(=O)CCC(=O)OCC(=O)Nc1ccc(Cl)c(Cl)c1)c1ccccc1. The summed E-state index contributed by atoms with van der Waals surface area (Å²) in [6.45, 7) is 1.40. The van der Waals surface area contributed by atoms with Gasteiger partial charge in [0, 0.05) is 12.1 Å². The first-order valence-corrected chi connectivity index (χ1v) is 9.35. The lowest BCUT2D eigenvalue weighted by molar-refractivity contribution is -0.148. The molecule has 0 unspecified atom stereocenters. The number of benzene rings is 2. The Balaban J connectivity index is 1.68. The van der Waals surface area contributed by atoms with E-state index in [2.05, 4.69) is 10.6 Å². The van der Waals surface area contributed by atoms with Crippen LogP contribution in [0.25, 0.3) is 0 Å². The van der Waals surface area contributed by atoms with Crippen LogP contribution in [0, 0.1) is 0 Å². The average molecular weight is 423 g/mol. The minimum absolute atomic E-state index is 0.0234. The minimum Gasteiger partial charge on any atom is -0.456 e. The minimum atomic E-state index is -0.633. The fourth-order valence-electron chi connectivity index (χ4n) is 2.34. The summed E-state index contributed by atoms with van der Waals surface area (Å²) >= 11 is 11.7. The number of ether oxygens (including phenoxy) is 1. The zero-order chi connectivity index (χ0) is 20.5. The molecule has 8 heteroatoms. The van der Waals surface area contributed by atoms with Gasteiger partial charge in [0.15, 0.2) is 6.61 Å². The topological polar surface area (TPSA) is 84.5 Å². The molecule has 28 heavy (non-hydrogen) atoms. The lowest BCUT2D eigenvalue weighted by Gasteiger charge is -2.14. The van der Waals surface area contributed by atoms with Crippen LogP contribution in [0.2, 0.25) is 10.0 Å². The van der Waals surface area contributed by atoms with Crippen LogP contribution < -0.4 is 10.6 Å².